The normalized spacial score (nSPS) is 24.1. The Morgan fingerprint density at radius 1 is 1.18 bits per heavy atom. The highest BCUT2D eigenvalue weighted by atomic mass is 35.5. The maximum Gasteiger partial charge on any atom is 0.249 e. The van der Waals surface area contributed by atoms with Crippen LogP contribution in [0.4, 0.5) is 5.69 Å². The average Bonchev–Trinajstić information content (AvgIpc) is 3.32. The number of halogens is 1. The van der Waals surface area contributed by atoms with Gasteiger partial charge in [0, 0.05) is 37.7 Å². The molecule has 1 saturated heterocycles. The van der Waals surface area contributed by atoms with E-state index in [2.05, 4.69) is 0 Å². The van der Waals surface area contributed by atoms with Gasteiger partial charge in [0.15, 0.2) is 0 Å². The molecule has 0 spiro atoms. The monoisotopic (exact) mass is 411 g/mol. The van der Waals surface area contributed by atoms with E-state index in [-0.39, 0.29) is 36.1 Å². The molecule has 1 unspecified atom stereocenters. The number of hydrogen-bond acceptors (Lipinski definition) is 5. The number of anilines is 1. The Hall–Kier alpha value is -1.99. The first kappa shape index (κ1) is 22.3. The third-order valence-electron chi connectivity index (χ3n) is 5.92. The number of hydrogen-bond donors (Lipinski definition) is 1. The zero-order chi connectivity index (χ0) is 19.6. The third kappa shape index (κ3) is 4.20. The molecule has 3 rings (SSSR count). The molecule has 1 aromatic carbocycles. The highest BCUT2D eigenvalue weighted by Gasteiger charge is 2.41. The van der Waals surface area contributed by atoms with E-state index in [1.54, 1.807) is 37.1 Å². The van der Waals surface area contributed by atoms with Gasteiger partial charge in [-0.05, 0) is 31.7 Å². The number of carbonyl (C=O) groups is 2. The Bertz CT molecular complexity index is 692. The molecule has 156 valence electrons. The third-order valence-corrected chi connectivity index (χ3v) is 5.92. The molecule has 1 saturated carbocycles. The van der Waals surface area contributed by atoms with Crippen LogP contribution in [0.25, 0.3) is 0 Å². The fraction of sp³-hybridized carbons (Fsp3) is 0.600. The van der Waals surface area contributed by atoms with Crippen molar-refractivity contribution >= 4 is 29.9 Å². The van der Waals surface area contributed by atoms with Crippen molar-refractivity contribution in [3.8, 4) is 11.5 Å². The molecule has 28 heavy (non-hydrogen) atoms. The second-order valence-electron chi connectivity index (χ2n) is 7.35. The van der Waals surface area contributed by atoms with Crippen LogP contribution in [0.2, 0.25) is 0 Å². The van der Waals surface area contributed by atoms with E-state index in [1.807, 2.05) is 12.1 Å². The summed E-state index contributed by atoms with van der Waals surface area (Å²) in [7, 11) is 4.90. The van der Waals surface area contributed by atoms with Gasteiger partial charge in [-0.1, -0.05) is 6.42 Å². The molecule has 0 bridgehead atoms. The Balaban J connectivity index is 0.00000280. The van der Waals surface area contributed by atoms with Gasteiger partial charge in [-0.25, -0.2) is 0 Å². The van der Waals surface area contributed by atoms with E-state index < -0.39 is 6.04 Å². The van der Waals surface area contributed by atoms with Gasteiger partial charge in [-0.3, -0.25) is 9.59 Å². The number of likely N-dealkylation sites (N-methyl/N-ethyl adjacent to an activating group) is 1. The van der Waals surface area contributed by atoms with E-state index in [0.717, 1.165) is 24.9 Å². The van der Waals surface area contributed by atoms with Crippen LogP contribution in [0.15, 0.2) is 18.2 Å². The SMILES string of the molecule is COc1cc(OC)cc(N2CCC(N(C)C(=O)[C@@H]3CCC[C@@H]3CN)C2=O)c1.Cl. The van der Waals surface area contributed by atoms with Crippen molar-refractivity contribution < 1.29 is 19.1 Å². The Morgan fingerprint density at radius 3 is 2.39 bits per heavy atom. The average molecular weight is 412 g/mol. The predicted molar refractivity (Wildman–Crippen MR) is 110 cm³/mol. The maximum absolute atomic E-state index is 13.0. The number of nitrogens with two attached hydrogens (primary N) is 1. The van der Waals surface area contributed by atoms with Gasteiger partial charge in [0.25, 0.3) is 0 Å². The molecule has 1 aliphatic carbocycles. The van der Waals surface area contributed by atoms with E-state index in [9.17, 15) is 9.59 Å². The Kier molecular flexibility index (Phi) is 7.55. The molecule has 2 amide bonds. The molecule has 8 heteroatoms. The molecular formula is C20H30ClN3O4. The van der Waals surface area contributed by atoms with Crippen LogP contribution in [0.1, 0.15) is 25.7 Å². The predicted octanol–water partition coefficient (Wildman–Crippen LogP) is 2.06. The van der Waals surface area contributed by atoms with Crippen LogP contribution in [-0.4, -0.2) is 57.1 Å². The minimum Gasteiger partial charge on any atom is -0.497 e. The number of methoxy groups -OCH3 is 2. The van der Waals surface area contributed by atoms with E-state index in [1.165, 1.54) is 0 Å². The molecule has 0 radical (unpaired) electrons. The number of benzene rings is 1. The molecule has 2 aliphatic rings. The fourth-order valence-electron chi connectivity index (χ4n) is 4.29. The first-order chi connectivity index (χ1) is 13.0. The topological polar surface area (TPSA) is 85.1 Å². The molecule has 7 nitrogen and oxygen atoms in total. The number of nitrogens with zero attached hydrogens (tertiary/aromatic N) is 2. The number of rotatable bonds is 6. The van der Waals surface area contributed by atoms with Crippen molar-refractivity contribution in [2.45, 2.75) is 31.7 Å². The summed E-state index contributed by atoms with van der Waals surface area (Å²) >= 11 is 0. The second-order valence-corrected chi connectivity index (χ2v) is 7.35. The van der Waals surface area contributed by atoms with Crippen LogP contribution in [0.3, 0.4) is 0 Å². The zero-order valence-corrected chi connectivity index (χ0v) is 17.5. The standard InChI is InChI=1S/C20H29N3O4.ClH/c1-22(19(24)17-6-4-5-13(17)12-21)18-7-8-23(20(18)25)14-9-15(26-2)11-16(10-14)27-3;/h9-11,13,17-18H,4-8,12,21H2,1-3H3;1H/t13-,17-,18?;/m1./s1. The highest BCUT2D eigenvalue weighted by Crippen LogP contribution is 2.35. The van der Waals surface area contributed by atoms with Gasteiger partial charge < -0.3 is 25.0 Å². The molecular weight excluding hydrogens is 382 g/mol. The second kappa shape index (κ2) is 9.47. The lowest BCUT2D eigenvalue weighted by atomic mass is 9.94. The van der Waals surface area contributed by atoms with Crippen molar-refractivity contribution in [3.63, 3.8) is 0 Å². The molecule has 3 atom stereocenters. The van der Waals surface area contributed by atoms with Gasteiger partial charge in [0.05, 0.1) is 19.9 Å². The first-order valence-electron chi connectivity index (χ1n) is 9.51. The lowest BCUT2D eigenvalue weighted by Crippen LogP contribution is -2.46. The molecule has 0 aromatic heterocycles. The summed E-state index contributed by atoms with van der Waals surface area (Å²) in [4.78, 5) is 29.3. The molecule has 1 aliphatic heterocycles. The van der Waals surface area contributed by atoms with Crippen molar-refractivity contribution in [3.05, 3.63) is 18.2 Å². The highest BCUT2D eigenvalue weighted by molar-refractivity contribution is 6.01. The summed E-state index contributed by atoms with van der Waals surface area (Å²) in [5, 5.41) is 0. The summed E-state index contributed by atoms with van der Waals surface area (Å²) in [6.45, 7) is 1.08. The maximum atomic E-state index is 13.0. The first-order valence-corrected chi connectivity index (χ1v) is 9.51. The smallest absolute Gasteiger partial charge is 0.249 e. The molecule has 1 heterocycles. The largest absolute Gasteiger partial charge is 0.497 e. The minimum atomic E-state index is -0.436. The lowest BCUT2D eigenvalue weighted by molar-refractivity contribution is -0.141. The zero-order valence-electron chi connectivity index (χ0n) is 16.7. The summed E-state index contributed by atoms with van der Waals surface area (Å²) < 4.78 is 10.6. The summed E-state index contributed by atoms with van der Waals surface area (Å²) in [6, 6.07) is 4.95. The quantitative estimate of drug-likeness (QED) is 0.774. The lowest BCUT2D eigenvalue weighted by Gasteiger charge is -2.28. The van der Waals surface area contributed by atoms with Gasteiger partial charge in [-0.15, -0.1) is 12.4 Å². The van der Waals surface area contributed by atoms with Crippen LogP contribution in [0, 0.1) is 11.8 Å². The number of amides is 2. The van der Waals surface area contributed by atoms with Crippen molar-refractivity contribution in [2.75, 3.05) is 39.3 Å². The van der Waals surface area contributed by atoms with E-state index in [4.69, 9.17) is 15.2 Å². The van der Waals surface area contributed by atoms with Gasteiger partial charge in [0.1, 0.15) is 17.5 Å². The summed E-state index contributed by atoms with van der Waals surface area (Å²) in [5.41, 5.74) is 6.55. The van der Waals surface area contributed by atoms with Gasteiger partial charge in [0.2, 0.25) is 11.8 Å². The summed E-state index contributed by atoms with van der Waals surface area (Å²) in [5.74, 6) is 1.41. The molecule has 2 fully saturated rings. The van der Waals surface area contributed by atoms with Crippen molar-refractivity contribution in [1.82, 2.24) is 4.90 Å². The van der Waals surface area contributed by atoms with Crippen molar-refractivity contribution in [1.29, 1.82) is 0 Å². The van der Waals surface area contributed by atoms with Crippen LogP contribution in [-0.2, 0) is 9.59 Å². The van der Waals surface area contributed by atoms with E-state index in [0.29, 0.717) is 31.0 Å². The minimum absolute atomic E-state index is 0. The number of ether oxygens (including phenoxy) is 2. The molecule has 1 aromatic rings. The van der Waals surface area contributed by atoms with Crippen LogP contribution < -0.4 is 20.1 Å². The number of carbonyl (C=O) groups excluding carboxylic acids is 2. The Labute approximate surface area is 172 Å². The van der Waals surface area contributed by atoms with Crippen molar-refractivity contribution in [2.24, 2.45) is 17.6 Å². The summed E-state index contributed by atoms with van der Waals surface area (Å²) in [6.07, 6.45) is 3.50. The van der Waals surface area contributed by atoms with Gasteiger partial charge in [-0.2, -0.15) is 0 Å². The van der Waals surface area contributed by atoms with E-state index >= 15 is 0 Å². The van der Waals surface area contributed by atoms with Crippen LogP contribution in [0.5, 0.6) is 11.5 Å². The Morgan fingerprint density at radius 2 is 1.82 bits per heavy atom. The molecule has 2 N–H and O–H groups in total. The fourth-order valence-corrected chi connectivity index (χ4v) is 4.29. The van der Waals surface area contributed by atoms with Gasteiger partial charge >= 0.3 is 0 Å². The van der Waals surface area contributed by atoms with Crippen LogP contribution >= 0.6 is 12.4 Å².